The third-order valence-electron chi connectivity index (χ3n) is 5.06. The highest BCUT2D eigenvalue weighted by molar-refractivity contribution is 6.02. The normalized spacial score (nSPS) is 11.3. The van der Waals surface area contributed by atoms with Crippen LogP contribution >= 0.6 is 0 Å². The monoisotopic (exact) mass is 365 g/mol. The van der Waals surface area contributed by atoms with Crippen molar-refractivity contribution in [2.24, 2.45) is 7.05 Å². The summed E-state index contributed by atoms with van der Waals surface area (Å²) in [6.45, 7) is 0. The molecule has 0 aliphatic rings. The van der Waals surface area contributed by atoms with Crippen LogP contribution in [0.4, 0.5) is 0 Å². The van der Waals surface area contributed by atoms with Crippen LogP contribution in [0.25, 0.3) is 33.3 Å². The number of fused-ring (bicyclic) bond motifs is 3. The molecular formula is C23H19N5. The minimum atomic E-state index is 0.825. The van der Waals surface area contributed by atoms with E-state index in [2.05, 4.69) is 45.8 Å². The van der Waals surface area contributed by atoms with E-state index in [9.17, 15) is 0 Å². The Balaban J connectivity index is 1.45. The lowest BCUT2D eigenvalue weighted by Gasteiger charge is -2.05. The Bertz CT molecular complexity index is 1270. The summed E-state index contributed by atoms with van der Waals surface area (Å²) in [7, 11) is 2.07. The third kappa shape index (κ3) is 2.91. The summed E-state index contributed by atoms with van der Waals surface area (Å²) in [4.78, 5) is 18.5. The van der Waals surface area contributed by atoms with Gasteiger partial charge < -0.3 is 4.57 Å². The zero-order valence-corrected chi connectivity index (χ0v) is 15.6. The fourth-order valence-electron chi connectivity index (χ4n) is 3.60. The molecule has 136 valence electrons. The quantitative estimate of drug-likeness (QED) is 0.475. The highest BCUT2D eigenvalue weighted by Gasteiger charge is 2.11. The number of aryl methyl sites for hydroxylation is 3. The van der Waals surface area contributed by atoms with Gasteiger partial charge in [-0.25, -0.2) is 4.98 Å². The van der Waals surface area contributed by atoms with E-state index in [1.807, 2.05) is 42.6 Å². The first-order valence-corrected chi connectivity index (χ1v) is 9.36. The third-order valence-corrected chi connectivity index (χ3v) is 5.06. The molecule has 0 saturated heterocycles. The van der Waals surface area contributed by atoms with Crippen LogP contribution in [0.5, 0.6) is 0 Å². The maximum absolute atomic E-state index is 4.92. The van der Waals surface area contributed by atoms with E-state index in [4.69, 9.17) is 9.97 Å². The second-order valence-electron chi connectivity index (χ2n) is 6.82. The van der Waals surface area contributed by atoms with Crippen molar-refractivity contribution in [3.05, 3.63) is 84.6 Å². The van der Waals surface area contributed by atoms with E-state index in [1.165, 1.54) is 0 Å². The molecule has 1 aromatic carbocycles. The van der Waals surface area contributed by atoms with Gasteiger partial charge in [-0.15, -0.1) is 0 Å². The first-order valence-electron chi connectivity index (χ1n) is 9.36. The van der Waals surface area contributed by atoms with E-state index in [1.54, 1.807) is 6.20 Å². The molecule has 0 N–H and O–H groups in total. The Hall–Kier alpha value is -3.60. The van der Waals surface area contributed by atoms with Crippen molar-refractivity contribution >= 4 is 21.9 Å². The Kier molecular flexibility index (Phi) is 4.05. The summed E-state index contributed by atoms with van der Waals surface area (Å²) in [6, 6.07) is 20.2. The molecule has 0 fully saturated rings. The van der Waals surface area contributed by atoms with Crippen LogP contribution in [0.1, 0.15) is 11.5 Å². The van der Waals surface area contributed by atoms with Crippen LogP contribution in [0.15, 0.2) is 73.1 Å². The van der Waals surface area contributed by atoms with Crippen LogP contribution in [0, 0.1) is 0 Å². The number of hydrogen-bond donors (Lipinski definition) is 0. The summed E-state index contributed by atoms with van der Waals surface area (Å²) >= 11 is 0. The summed E-state index contributed by atoms with van der Waals surface area (Å²) in [6.07, 6.45) is 5.26. The zero-order valence-electron chi connectivity index (χ0n) is 15.6. The van der Waals surface area contributed by atoms with Crippen molar-refractivity contribution in [3.8, 4) is 11.4 Å². The molecule has 0 bridgehead atoms. The largest absolute Gasteiger partial charge is 0.331 e. The fourth-order valence-corrected chi connectivity index (χ4v) is 3.60. The van der Waals surface area contributed by atoms with E-state index in [0.29, 0.717) is 0 Å². The zero-order chi connectivity index (χ0) is 18.9. The number of hydrogen-bond acceptors (Lipinski definition) is 4. The molecule has 0 unspecified atom stereocenters. The van der Waals surface area contributed by atoms with Gasteiger partial charge in [-0.3, -0.25) is 15.0 Å². The molecule has 5 heteroatoms. The van der Waals surface area contributed by atoms with E-state index >= 15 is 0 Å². The SMILES string of the molecule is Cn1c(CCc2cccc(-c3ccccn3)n2)nc2c3cccnc3ccc21. The van der Waals surface area contributed by atoms with Gasteiger partial charge in [0.25, 0.3) is 0 Å². The average Bonchev–Trinajstić information content (AvgIpc) is 3.09. The summed E-state index contributed by atoms with van der Waals surface area (Å²) in [5, 5.41) is 1.09. The van der Waals surface area contributed by atoms with Gasteiger partial charge >= 0.3 is 0 Å². The van der Waals surface area contributed by atoms with Crippen molar-refractivity contribution < 1.29 is 0 Å². The number of imidazole rings is 1. The van der Waals surface area contributed by atoms with Crippen LogP contribution < -0.4 is 0 Å². The molecule has 0 aliphatic heterocycles. The lowest BCUT2D eigenvalue weighted by atomic mass is 10.1. The van der Waals surface area contributed by atoms with Gasteiger partial charge in [-0.1, -0.05) is 12.1 Å². The Labute approximate surface area is 162 Å². The van der Waals surface area contributed by atoms with Crippen molar-refractivity contribution in [1.82, 2.24) is 24.5 Å². The molecule has 0 amide bonds. The maximum atomic E-state index is 4.92. The molecule has 0 spiro atoms. The lowest BCUT2D eigenvalue weighted by Crippen LogP contribution is -2.02. The molecule has 4 aromatic heterocycles. The van der Waals surface area contributed by atoms with Gasteiger partial charge in [0, 0.05) is 36.9 Å². The maximum Gasteiger partial charge on any atom is 0.110 e. The van der Waals surface area contributed by atoms with Crippen LogP contribution in [0.2, 0.25) is 0 Å². The van der Waals surface area contributed by atoms with Gasteiger partial charge in [0.05, 0.1) is 27.9 Å². The Morgan fingerprint density at radius 2 is 1.64 bits per heavy atom. The number of benzene rings is 1. The molecule has 5 aromatic rings. The smallest absolute Gasteiger partial charge is 0.110 e. The van der Waals surface area contributed by atoms with Crippen molar-refractivity contribution in [2.75, 3.05) is 0 Å². The molecule has 0 atom stereocenters. The van der Waals surface area contributed by atoms with E-state index in [0.717, 1.165) is 57.7 Å². The lowest BCUT2D eigenvalue weighted by molar-refractivity contribution is 0.776. The summed E-state index contributed by atoms with van der Waals surface area (Å²) in [5.74, 6) is 1.05. The highest BCUT2D eigenvalue weighted by Crippen LogP contribution is 2.24. The number of rotatable bonds is 4. The average molecular weight is 365 g/mol. The van der Waals surface area contributed by atoms with E-state index < -0.39 is 0 Å². The fraction of sp³-hybridized carbons (Fsp3) is 0.130. The molecule has 0 saturated carbocycles. The molecule has 5 rings (SSSR count). The number of nitrogens with zero attached hydrogens (tertiary/aromatic N) is 5. The first kappa shape index (κ1) is 16.6. The second kappa shape index (κ2) is 6.85. The van der Waals surface area contributed by atoms with Crippen molar-refractivity contribution in [2.45, 2.75) is 12.8 Å². The van der Waals surface area contributed by atoms with Crippen molar-refractivity contribution in [3.63, 3.8) is 0 Å². The molecule has 0 radical (unpaired) electrons. The first-order chi connectivity index (χ1) is 13.8. The molecule has 4 heterocycles. The summed E-state index contributed by atoms with van der Waals surface area (Å²) < 4.78 is 2.17. The van der Waals surface area contributed by atoms with Gasteiger partial charge in [0.15, 0.2) is 0 Å². The number of pyridine rings is 3. The predicted octanol–water partition coefficient (Wildman–Crippen LogP) is 4.36. The van der Waals surface area contributed by atoms with Gasteiger partial charge in [0.1, 0.15) is 5.82 Å². The van der Waals surface area contributed by atoms with Gasteiger partial charge in [-0.2, -0.15) is 0 Å². The predicted molar refractivity (Wildman–Crippen MR) is 111 cm³/mol. The minimum Gasteiger partial charge on any atom is -0.331 e. The van der Waals surface area contributed by atoms with Crippen LogP contribution in [-0.2, 0) is 19.9 Å². The van der Waals surface area contributed by atoms with Gasteiger partial charge in [-0.05, 0) is 55.0 Å². The molecule has 0 aliphatic carbocycles. The Morgan fingerprint density at radius 3 is 2.54 bits per heavy atom. The van der Waals surface area contributed by atoms with Crippen molar-refractivity contribution in [1.29, 1.82) is 0 Å². The van der Waals surface area contributed by atoms with Crippen LogP contribution in [-0.4, -0.2) is 24.5 Å². The summed E-state index contributed by atoms with van der Waals surface area (Å²) in [5.41, 5.74) is 5.96. The molecule has 5 nitrogen and oxygen atoms in total. The number of aromatic nitrogens is 5. The topological polar surface area (TPSA) is 56.5 Å². The minimum absolute atomic E-state index is 0.825. The second-order valence-corrected chi connectivity index (χ2v) is 6.82. The standard InChI is InChI=1S/C23H19N5/c1-28-21-12-11-18-17(7-5-15-24-18)23(21)27-22(28)13-10-16-6-4-9-20(26-16)19-8-2-3-14-25-19/h2-9,11-12,14-15H,10,13H2,1H3. The van der Waals surface area contributed by atoms with Crippen LogP contribution in [0.3, 0.4) is 0 Å². The molecular weight excluding hydrogens is 346 g/mol. The molecule has 28 heavy (non-hydrogen) atoms. The highest BCUT2D eigenvalue weighted by atomic mass is 15.1. The Morgan fingerprint density at radius 1 is 0.750 bits per heavy atom. The van der Waals surface area contributed by atoms with Gasteiger partial charge in [0.2, 0.25) is 0 Å². The van der Waals surface area contributed by atoms with E-state index in [-0.39, 0.29) is 0 Å².